The summed E-state index contributed by atoms with van der Waals surface area (Å²) in [5, 5.41) is 18.0. The van der Waals surface area contributed by atoms with Gasteiger partial charge in [0.1, 0.15) is 11.9 Å². The van der Waals surface area contributed by atoms with Crippen molar-refractivity contribution in [3.8, 4) is 17.9 Å². The average molecular weight is 310 g/mol. The summed E-state index contributed by atoms with van der Waals surface area (Å²) in [7, 11) is 0. The number of Topliss-reactive ketones (excluding diaryl/α,β-unsaturated/α-hetero) is 1. The molecule has 0 N–H and O–H groups in total. The van der Waals surface area contributed by atoms with E-state index in [0.29, 0.717) is 37.0 Å². The Morgan fingerprint density at radius 2 is 1.83 bits per heavy atom. The second-order valence-electron chi connectivity index (χ2n) is 6.05. The van der Waals surface area contributed by atoms with Crippen molar-refractivity contribution in [2.45, 2.75) is 58.0 Å². The van der Waals surface area contributed by atoms with Crippen molar-refractivity contribution < 1.29 is 9.53 Å². The summed E-state index contributed by atoms with van der Waals surface area (Å²) in [4.78, 5) is 13.2. The highest BCUT2D eigenvalue weighted by Gasteiger charge is 2.49. The Balaban J connectivity index is 2.45. The summed E-state index contributed by atoms with van der Waals surface area (Å²) >= 11 is 0. The fourth-order valence-corrected chi connectivity index (χ4v) is 3.39. The molecule has 0 spiro atoms. The van der Waals surface area contributed by atoms with Crippen LogP contribution in [0.5, 0.6) is 5.75 Å². The number of nitrogens with zero attached hydrogens (tertiary/aromatic N) is 2. The van der Waals surface area contributed by atoms with Crippen LogP contribution in [0.2, 0.25) is 0 Å². The molecule has 4 nitrogen and oxygen atoms in total. The van der Waals surface area contributed by atoms with Gasteiger partial charge in [0, 0.05) is 12.8 Å². The number of hydrogen-bond acceptors (Lipinski definition) is 4. The maximum absolute atomic E-state index is 13.2. The fraction of sp³-hybridized carbons (Fsp3) is 0.526. The van der Waals surface area contributed by atoms with Gasteiger partial charge in [0.05, 0.1) is 23.1 Å². The lowest BCUT2D eigenvalue weighted by Gasteiger charge is -2.43. The second-order valence-corrected chi connectivity index (χ2v) is 6.05. The van der Waals surface area contributed by atoms with E-state index in [0.717, 1.165) is 19.3 Å². The van der Waals surface area contributed by atoms with Gasteiger partial charge in [0.15, 0.2) is 5.78 Å². The van der Waals surface area contributed by atoms with Crippen LogP contribution in [0.1, 0.15) is 62.2 Å². The average Bonchev–Trinajstić information content (AvgIpc) is 2.59. The molecule has 4 heteroatoms. The molecular weight excluding hydrogens is 288 g/mol. The first kappa shape index (κ1) is 17.0. The molecule has 1 heterocycles. The predicted octanol–water partition coefficient (Wildman–Crippen LogP) is 4.41. The molecule has 23 heavy (non-hydrogen) atoms. The van der Waals surface area contributed by atoms with E-state index in [1.165, 1.54) is 0 Å². The van der Waals surface area contributed by atoms with E-state index in [9.17, 15) is 4.79 Å². The lowest BCUT2D eigenvalue weighted by Crippen LogP contribution is -2.49. The van der Waals surface area contributed by atoms with Gasteiger partial charge in [0.25, 0.3) is 0 Å². The molecule has 1 aliphatic heterocycles. The molecule has 0 saturated heterocycles. The SMILES string of the molecule is CCCCC1Oc2ccccc2C(=O)C1(CCC#N)CCC#N. The van der Waals surface area contributed by atoms with Crippen molar-refractivity contribution >= 4 is 5.78 Å². The number of fused-ring (bicyclic) bond motifs is 1. The Morgan fingerprint density at radius 1 is 1.17 bits per heavy atom. The van der Waals surface area contributed by atoms with Gasteiger partial charge in [-0.2, -0.15) is 10.5 Å². The molecule has 2 rings (SSSR count). The van der Waals surface area contributed by atoms with Crippen LogP contribution in [0.4, 0.5) is 0 Å². The van der Waals surface area contributed by atoms with Gasteiger partial charge in [-0.05, 0) is 31.4 Å². The van der Waals surface area contributed by atoms with Crippen LogP contribution in [-0.4, -0.2) is 11.9 Å². The number of para-hydroxylation sites is 1. The van der Waals surface area contributed by atoms with Crippen LogP contribution >= 0.6 is 0 Å². The zero-order chi connectivity index (χ0) is 16.7. The van der Waals surface area contributed by atoms with Crippen LogP contribution in [0, 0.1) is 28.1 Å². The van der Waals surface area contributed by atoms with Crippen LogP contribution in [0.15, 0.2) is 24.3 Å². The Labute approximate surface area is 137 Å². The van der Waals surface area contributed by atoms with Crippen molar-refractivity contribution in [2.24, 2.45) is 5.41 Å². The largest absolute Gasteiger partial charge is 0.489 e. The minimum Gasteiger partial charge on any atom is -0.489 e. The summed E-state index contributed by atoms with van der Waals surface area (Å²) in [5.41, 5.74) is -0.175. The highest BCUT2D eigenvalue weighted by atomic mass is 16.5. The molecule has 0 aromatic heterocycles. The zero-order valence-electron chi connectivity index (χ0n) is 13.5. The van der Waals surface area contributed by atoms with Crippen molar-refractivity contribution in [1.82, 2.24) is 0 Å². The summed E-state index contributed by atoms with van der Waals surface area (Å²) in [5.74, 6) is 0.661. The molecule has 1 atom stereocenters. The number of carbonyl (C=O) groups excluding carboxylic acids is 1. The lowest BCUT2D eigenvalue weighted by molar-refractivity contribution is 0.0136. The van der Waals surface area contributed by atoms with E-state index < -0.39 is 5.41 Å². The number of ether oxygens (including phenoxy) is 1. The van der Waals surface area contributed by atoms with Crippen LogP contribution < -0.4 is 4.74 Å². The number of unbranched alkanes of at least 4 members (excludes halogenated alkanes) is 1. The van der Waals surface area contributed by atoms with Gasteiger partial charge >= 0.3 is 0 Å². The van der Waals surface area contributed by atoms with Crippen molar-refractivity contribution in [2.75, 3.05) is 0 Å². The predicted molar refractivity (Wildman–Crippen MR) is 86.8 cm³/mol. The molecule has 0 aliphatic carbocycles. The van der Waals surface area contributed by atoms with E-state index in [-0.39, 0.29) is 11.9 Å². The first-order valence-electron chi connectivity index (χ1n) is 8.24. The summed E-state index contributed by atoms with van der Waals surface area (Å²) < 4.78 is 6.17. The number of nitriles is 2. The molecule has 0 radical (unpaired) electrons. The topological polar surface area (TPSA) is 73.9 Å². The standard InChI is InChI=1S/C19H22N2O2/c1-2-3-10-17-19(11-6-13-20,12-7-14-21)18(22)15-8-4-5-9-16(15)23-17/h4-5,8-9,17H,2-3,6-7,10-12H2,1H3. The van der Waals surface area contributed by atoms with Gasteiger partial charge in [-0.1, -0.05) is 31.9 Å². The van der Waals surface area contributed by atoms with Crippen molar-refractivity contribution in [3.63, 3.8) is 0 Å². The van der Waals surface area contributed by atoms with Gasteiger partial charge in [-0.3, -0.25) is 4.79 Å². The molecule has 0 fully saturated rings. The van der Waals surface area contributed by atoms with E-state index >= 15 is 0 Å². The number of carbonyl (C=O) groups is 1. The smallest absolute Gasteiger partial charge is 0.176 e. The minimum atomic E-state index is -0.755. The molecule has 120 valence electrons. The number of hydrogen-bond donors (Lipinski definition) is 0. The molecule has 0 bridgehead atoms. The molecule has 1 aromatic rings. The number of benzene rings is 1. The van der Waals surface area contributed by atoms with E-state index in [1.54, 1.807) is 6.07 Å². The van der Waals surface area contributed by atoms with Gasteiger partial charge in [0.2, 0.25) is 0 Å². The quantitative estimate of drug-likeness (QED) is 0.747. The lowest BCUT2D eigenvalue weighted by atomic mass is 9.66. The first-order chi connectivity index (χ1) is 11.2. The molecule has 0 saturated carbocycles. The Kier molecular flexibility index (Phi) is 5.77. The van der Waals surface area contributed by atoms with Crippen molar-refractivity contribution in [3.05, 3.63) is 29.8 Å². The molecular formula is C19H22N2O2. The van der Waals surface area contributed by atoms with Gasteiger partial charge in [-0.15, -0.1) is 0 Å². The van der Waals surface area contributed by atoms with Crippen LogP contribution in [0.25, 0.3) is 0 Å². The minimum absolute atomic E-state index is 0.0333. The normalized spacial score (nSPS) is 18.4. The third-order valence-corrected chi connectivity index (χ3v) is 4.66. The van der Waals surface area contributed by atoms with E-state index in [4.69, 9.17) is 15.3 Å². The third-order valence-electron chi connectivity index (χ3n) is 4.66. The zero-order valence-corrected chi connectivity index (χ0v) is 13.5. The fourth-order valence-electron chi connectivity index (χ4n) is 3.39. The summed E-state index contributed by atoms with van der Waals surface area (Å²) in [6.07, 6.45) is 3.99. The number of rotatable bonds is 7. The van der Waals surface area contributed by atoms with Gasteiger partial charge < -0.3 is 4.74 Å². The molecule has 0 amide bonds. The Bertz CT molecular complexity index is 622. The number of ketones is 1. The van der Waals surface area contributed by atoms with Gasteiger partial charge in [-0.25, -0.2) is 0 Å². The van der Waals surface area contributed by atoms with Crippen LogP contribution in [0.3, 0.4) is 0 Å². The second kappa shape index (κ2) is 7.79. The molecule has 1 unspecified atom stereocenters. The highest BCUT2D eigenvalue weighted by Crippen LogP contribution is 2.46. The summed E-state index contributed by atoms with van der Waals surface area (Å²) in [6, 6.07) is 11.6. The molecule has 1 aliphatic rings. The monoisotopic (exact) mass is 310 g/mol. The third kappa shape index (κ3) is 3.37. The van der Waals surface area contributed by atoms with Crippen molar-refractivity contribution in [1.29, 1.82) is 10.5 Å². The Morgan fingerprint density at radius 3 is 2.43 bits per heavy atom. The maximum atomic E-state index is 13.2. The summed E-state index contributed by atoms with van der Waals surface area (Å²) in [6.45, 7) is 2.10. The van der Waals surface area contributed by atoms with E-state index in [1.807, 2.05) is 18.2 Å². The van der Waals surface area contributed by atoms with E-state index in [2.05, 4.69) is 19.1 Å². The highest BCUT2D eigenvalue weighted by molar-refractivity contribution is 6.04. The maximum Gasteiger partial charge on any atom is 0.176 e. The Hall–Kier alpha value is -2.33. The van der Waals surface area contributed by atoms with Crippen LogP contribution in [-0.2, 0) is 0 Å². The molecule has 1 aromatic carbocycles. The first-order valence-corrected chi connectivity index (χ1v) is 8.24.